The molecule has 3 heterocycles. The maximum Gasteiger partial charge on any atom is 0.341 e. The van der Waals surface area contributed by atoms with Crippen LogP contribution < -0.4 is 5.32 Å². The molecule has 4 rings (SSSR count). The van der Waals surface area contributed by atoms with Crippen molar-refractivity contribution < 1.29 is 18.7 Å². The summed E-state index contributed by atoms with van der Waals surface area (Å²) in [7, 11) is 0. The van der Waals surface area contributed by atoms with E-state index in [2.05, 4.69) is 22.4 Å². The minimum Gasteiger partial charge on any atom is -0.469 e. The SMILES string of the molecule is CCCn1c(SCC(=O)Nc2sc3c(c2C(=O)OCC)CCCCC3)nnc1-c1ccoc1C. The number of carbonyl (C=O) groups is 2. The number of nitrogens with zero attached hydrogens (tertiary/aromatic N) is 3. The van der Waals surface area contributed by atoms with Gasteiger partial charge in [-0.25, -0.2) is 4.79 Å². The summed E-state index contributed by atoms with van der Waals surface area (Å²) in [4.78, 5) is 26.8. The molecule has 34 heavy (non-hydrogen) atoms. The Hall–Kier alpha value is -2.59. The number of nitrogens with one attached hydrogen (secondary N) is 1. The van der Waals surface area contributed by atoms with Crippen molar-refractivity contribution in [1.82, 2.24) is 14.8 Å². The highest BCUT2D eigenvalue weighted by molar-refractivity contribution is 7.99. The van der Waals surface area contributed by atoms with Crippen LogP contribution in [0.3, 0.4) is 0 Å². The lowest BCUT2D eigenvalue weighted by Gasteiger charge is -2.10. The molecule has 0 spiro atoms. The fraction of sp³-hybridized carbons (Fsp3) is 0.500. The Morgan fingerprint density at radius 1 is 1.24 bits per heavy atom. The number of esters is 1. The van der Waals surface area contributed by atoms with Gasteiger partial charge >= 0.3 is 5.97 Å². The number of thioether (sulfide) groups is 1. The predicted molar refractivity (Wildman–Crippen MR) is 134 cm³/mol. The van der Waals surface area contributed by atoms with Crippen LogP contribution in [0.25, 0.3) is 11.4 Å². The largest absolute Gasteiger partial charge is 0.469 e. The number of rotatable bonds is 9. The Kier molecular flexibility index (Phi) is 8.10. The van der Waals surface area contributed by atoms with Gasteiger partial charge in [0, 0.05) is 11.4 Å². The monoisotopic (exact) mass is 502 g/mol. The highest BCUT2D eigenvalue weighted by Crippen LogP contribution is 2.38. The Balaban J connectivity index is 1.50. The third-order valence-corrected chi connectivity index (χ3v) is 7.92. The Morgan fingerprint density at radius 3 is 2.79 bits per heavy atom. The quantitative estimate of drug-likeness (QED) is 0.234. The highest BCUT2D eigenvalue weighted by atomic mass is 32.2. The molecule has 1 amide bonds. The zero-order chi connectivity index (χ0) is 24.1. The van der Waals surface area contributed by atoms with Gasteiger partial charge < -0.3 is 19.0 Å². The Morgan fingerprint density at radius 2 is 2.06 bits per heavy atom. The first-order valence-electron chi connectivity index (χ1n) is 11.7. The number of fused-ring (bicyclic) bond motifs is 1. The predicted octanol–water partition coefficient (Wildman–Crippen LogP) is 5.49. The van der Waals surface area contributed by atoms with Crippen molar-refractivity contribution in [3.05, 3.63) is 34.1 Å². The lowest BCUT2D eigenvalue weighted by molar-refractivity contribution is -0.113. The average molecular weight is 503 g/mol. The third-order valence-electron chi connectivity index (χ3n) is 5.75. The molecule has 0 aliphatic heterocycles. The molecule has 10 heteroatoms. The van der Waals surface area contributed by atoms with Crippen LogP contribution in [0.4, 0.5) is 5.00 Å². The molecule has 3 aromatic heterocycles. The van der Waals surface area contributed by atoms with Crippen molar-refractivity contribution in [3.8, 4) is 11.4 Å². The molecule has 3 aromatic rings. The summed E-state index contributed by atoms with van der Waals surface area (Å²) < 4.78 is 12.8. The van der Waals surface area contributed by atoms with E-state index >= 15 is 0 Å². The lowest BCUT2D eigenvalue weighted by atomic mass is 10.1. The number of ether oxygens (including phenoxy) is 1. The van der Waals surface area contributed by atoms with E-state index < -0.39 is 0 Å². The van der Waals surface area contributed by atoms with E-state index in [1.54, 1.807) is 13.2 Å². The number of amides is 1. The van der Waals surface area contributed by atoms with Crippen LogP contribution >= 0.6 is 23.1 Å². The molecule has 0 saturated carbocycles. The molecular weight excluding hydrogens is 472 g/mol. The normalized spacial score (nSPS) is 13.4. The van der Waals surface area contributed by atoms with E-state index in [-0.39, 0.29) is 17.6 Å². The van der Waals surface area contributed by atoms with E-state index in [1.165, 1.54) is 28.0 Å². The summed E-state index contributed by atoms with van der Waals surface area (Å²) in [6.07, 6.45) is 7.63. The second-order valence-corrected chi connectivity index (χ2v) is 10.2. The van der Waals surface area contributed by atoms with Gasteiger partial charge in [-0.2, -0.15) is 0 Å². The minimum absolute atomic E-state index is 0.164. The van der Waals surface area contributed by atoms with Gasteiger partial charge in [-0.15, -0.1) is 21.5 Å². The van der Waals surface area contributed by atoms with Crippen LogP contribution in [-0.2, 0) is 28.9 Å². The van der Waals surface area contributed by atoms with Gasteiger partial charge in [0.2, 0.25) is 5.91 Å². The van der Waals surface area contributed by atoms with Crippen molar-refractivity contribution in [2.75, 3.05) is 17.7 Å². The zero-order valence-corrected chi connectivity index (χ0v) is 21.4. The number of hydrogen-bond donors (Lipinski definition) is 1. The maximum atomic E-state index is 12.9. The van der Waals surface area contributed by atoms with Crippen molar-refractivity contribution in [2.45, 2.75) is 71.0 Å². The van der Waals surface area contributed by atoms with Gasteiger partial charge in [-0.05, 0) is 57.6 Å². The zero-order valence-electron chi connectivity index (χ0n) is 19.8. The number of furan rings is 1. The molecule has 182 valence electrons. The number of carbonyl (C=O) groups excluding carboxylic acids is 2. The molecule has 0 radical (unpaired) electrons. The van der Waals surface area contributed by atoms with E-state index in [0.29, 0.717) is 22.3 Å². The Bertz CT molecular complexity index is 1160. The molecule has 1 aliphatic carbocycles. The topological polar surface area (TPSA) is 99.2 Å². The number of aryl methyl sites for hydroxylation is 2. The van der Waals surface area contributed by atoms with Crippen LogP contribution in [0.1, 0.15) is 66.1 Å². The van der Waals surface area contributed by atoms with E-state index in [0.717, 1.165) is 67.8 Å². The van der Waals surface area contributed by atoms with E-state index in [4.69, 9.17) is 9.15 Å². The summed E-state index contributed by atoms with van der Waals surface area (Å²) >= 11 is 2.85. The summed E-state index contributed by atoms with van der Waals surface area (Å²) in [6, 6.07) is 1.88. The summed E-state index contributed by atoms with van der Waals surface area (Å²) in [5, 5.41) is 12.9. The number of anilines is 1. The van der Waals surface area contributed by atoms with Gasteiger partial charge in [0.1, 0.15) is 10.8 Å². The second kappa shape index (κ2) is 11.2. The summed E-state index contributed by atoms with van der Waals surface area (Å²) in [6.45, 7) is 6.82. The van der Waals surface area contributed by atoms with Gasteiger partial charge in [0.25, 0.3) is 0 Å². The van der Waals surface area contributed by atoms with Gasteiger partial charge in [0.05, 0.1) is 29.7 Å². The molecule has 1 N–H and O–H groups in total. The number of thiophene rings is 1. The average Bonchev–Trinajstić information content (AvgIpc) is 3.45. The molecule has 0 aromatic carbocycles. The van der Waals surface area contributed by atoms with Crippen LogP contribution in [0, 0.1) is 6.92 Å². The number of hydrogen-bond acceptors (Lipinski definition) is 8. The van der Waals surface area contributed by atoms with Crippen molar-refractivity contribution in [2.24, 2.45) is 0 Å². The molecule has 0 fully saturated rings. The maximum absolute atomic E-state index is 12.9. The highest BCUT2D eigenvalue weighted by Gasteiger charge is 2.27. The van der Waals surface area contributed by atoms with Crippen LogP contribution in [0.15, 0.2) is 21.9 Å². The Labute approximate surface area is 207 Å². The van der Waals surface area contributed by atoms with E-state index in [1.807, 2.05) is 17.6 Å². The minimum atomic E-state index is -0.354. The molecule has 1 aliphatic rings. The van der Waals surface area contributed by atoms with Crippen LogP contribution in [0.2, 0.25) is 0 Å². The number of aromatic nitrogens is 3. The second-order valence-electron chi connectivity index (χ2n) is 8.17. The van der Waals surface area contributed by atoms with E-state index in [9.17, 15) is 9.59 Å². The van der Waals surface area contributed by atoms with Gasteiger partial charge in [-0.3, -0.25) is 4.79 Å². The lowest BCUT2D eigenvalue weighted by Crippen LogP contribution is -2.17. The first kappa shape index (κ1) is 24.5. The van der Waals surface area contributed by atoms with Crippen LogP contribution in [-0.4, -0.2) is 39.0 Å². The standard InChI is InChI=1S/C24H30N4O4S2/c1-4-12-28-21(16-11-13-32-15(16)3)26-27-24(28)33-14-19(29)25-22-20(23(30)31-5-2)17-9-7-6-8-10-18(17)34-22/h11,13H,4-10,12,14H2,1-3H3,(H,25,29). The summed E-state index contributed by atoms with van der Waals surface area (Å²) in [5.41, 5.74) is 2.48. The fourth-order valence-electron chi connectivity index (χ4n) is 4.18. The molecule has 0 atom stereocenters. The third kappa shape index (κ3) is 5.22. The van der Waals surface area contributed by atoms with Crippen molar-refractivity contribution >= 4 is 40.0 Å². The molecular formula is C24H30N4O4S2. The summed E-state index contributed by atoms with van der Waals surface area (Å²) in [5.74, 6) is 1.15. The molecule has 8 nitrogen and oxygen atoms in total. The van der Waals surface area contributed by atoms with Crippen LogP contribution in [0.5, 0.6) is 0 Å². The molecule has 0 bridgehead atoms. The molecule has 0 saturated heterocycles. The van der Waals surface area contributed by atoms with Gasteiger partial charge in [-0.1, -0.05) is 25.1 Å². The fourth-order valence-corrected chi connectivity index (χ4v) is 6.24. The van der Waals surface area contributed by atoms with Gasteiger partial charge in [0.15, 0.2) is 11.0 Å². The van der Waals surface area contributed by atoms with Crippen molar-refractivity contribution in [1.29, 1.82) is 0 Å². The van der Waals surface area contributed by atoms with Crippen molar-refractivity contribution in [3.63, 3.8) is 0 Å². The molecule has 0 unspecified atom stereocenters. The first-order chi connectivity index (χ1) is 16.5. The smallest absolute Gasteiger partial charge is 0.341 e. The first-order valence-corrected chi connectivity index (χ1v) is 13.6.